The Kier molecular flexibility index (Phi) is 4.70. The molecule has 0 spiro atoms. The van der Waals surface area contributed by atoms with Gasteiger partial charge in [-0.05, 0) is 23.8 Å². The van der Waals surface area contributed by atoms with Crippen LogP contribution in [0.2, 0.25) is 0 Å². The van der Waals surface area contributed by atoms with Crippen molar-refractivity contribution in [2.45, 2.75) is 19.0 Å². The Labute approximate surface area is 145 Å². The monoisotopic (exact) mass is 363 g/mol. The standard InChI is InChI=1S/C17H12F3N3O3/c18-17(19,20)12-3-1-10(2-4-12)7-14-11(5-6-26-14)8-13(24)15(25)16-21-9-22-23-16/h1-6,9H,7-8H2,(H,21,22,23). The lowest BCUT2D eigenvalue weighted by Gasteiger charge is -2.07. The van der Waals surface area contributed by atoms with Crippen molar-refractivity contribution in [3.05, 3.63) is 71.2 Å². The molecule has 0 aliphatic heterocycles. The summed E-state index contributed by atoms with van der Waals surface area (Å²) in [4.78, 5) is 27.6. The smallest absolute Gasteiger partial charge is 0.416 e. The number of benzene rings is 1. The molecule has 0 saturated heterocycles. The average Bonchev–Trinajstić information content (AvgIpc) is 3.26. The second kappa shape index (κ2) is 6.95. The van der Waals surface area contributed by atoms with Crippen molar-refractivity contribution in [3.63, 3.8) is 0 Å². The van der Waals surface area contributed by atoms with Gasteiger partial charge in [0, 0.05) is 18.4 Å². The molecular formula is C17H12F3N3O3. The number of nitrogens with one attached hydrogen (secondary N) is 1. The molecule has 0 saturated carbocycles. The second-order valence-corrected chi connectivity index (χ2v) is 5.49. The lowest BCUT2D eigenvalue weighted by molar-refractivity contribution is -0.137. The van der Waals surface area contributed by atoms with Crippen LogP contribution in [-0.4, -0.2) is 26.7 Å². The van der Waals surface area contributed by atoms with Gasteiger partial charge in [0.05, 0.1) is 11.8 Å². The minimum Gasteiger partial charge on any atom is -0.469 e. The third-order valence-corrected chi connectivity index (χ3v) is 3.71. The van der Waals surface area contributed by atoms with Crippen LogP contribution in [0.15, 0.2) is 47.3 Å². The molecule has 0 amide bonds. The molecule has 2 aromatic heterocycles. The SMILES string of the molecule is O=C(Cc1ccoc1Cc1ccc(C(F)(F)F)cc1)C(=O)c1nc[nH]n1. The van der Waals surface area contributed by atoms with Gasteiger partial charge >= 0.3 is 6.18 Å². The molecule has 0 fully saturated rings. The van der Waals surface area contributed by atoms with E-state index < -0.39 is 23.3 Å². The number of H-pyrrole nitrogens is 1. The number of carbonyl (C=O) groups excluding carboxylic acids is 2. The first-order valence-corrected chi connectivity index (χ1v) is 7.49. The van der Waals surface area contributed by atoms with Crippen molar-refractivity contribution in [1.29, 1.82) is 0 Å². The number of ketones is 2. The molecule has 9 heteroatoms. The van der Waals surface area contributed by atoms with Gasteiger partial charge in [-0.25, -0.2) is 4.98 Å². The Hall–Kier alpha value is -3.23. The van der Waals surface area contributed by atoms with E-state index in [4.69, 9.17) is 4.42 Å². The number of aromatic amines is 1. The summed E-state index contributed by atoms with van der Waals surface area (Å²) in [5, 5.41) is 5.91. The zero-order chi connectivity index (χ0) is 18.7. The zero-order valence-corrected chi connectivity index (χ0v) is 13.2. The van der Waals surface area contributed by atoms with Crippen LogP contribution < -0.4 is 0 Å². The van der Waals surface area contributed by atoms with Crippen molar-refractivity contribution < 1.29 is 27.2 Å². The number of aromatic nitrogens is 3. The molecule has 0 bridgehead atoms. The highest BCUT2D eigenvalue weighted by Crippen LogP contribution is 2.29. The number of alkyl halides is 3. The summed E-state index contributed by atoms with van der Waals surface area (Å²) in [7, 11) is 0. The average molecular weight is 363 g/mol. The molecule has 3 rings (SSSR count). The largest absolute Gasteiger partial charge is 0.469 e. The Morgan fingerprint density at radius 2 is 1.85 bits per heavy atom. The summed E-state index contributed by atoms with van der Waals surface area (Å²) < 4.78 is 43.1. The van der Waals surface area contributed by atoms with Crippen molar-refractivity contribution in [3.8, 4) is 0 Å². The van der Waals surface area contributed by atoms with E-state index in [-0.39, 0.29) is 18.7 Å². The van der Waals surface area contributed by atoms with Gasteiger partial charge in [0.15, 0.2) is 0 Å². The van der Waals surface area contributed by atoms with Gasteiger partial charge < -0.3 is 4.42 Å². The molecular weight excluding hydrogens is 351 g/mol. The Morgan fingerprint density at radius 1 is 1.12 bits per heavy atom. The number of halogens is 3. The first kappa shape index (κ1) is 17.6. The molecule has 0 aliphatic carbocycles. The normalized spacial score (nSPS) is 11.5. The van der Waals surface area contributed by atoms with E-state index in [9.17, 15) is 22.8 Å². The maximum atomic E-state index is 12.6. The topological polar surface area (TPSA) is 88.9 Å². The first-order valence-electron chi connectivity index (χ1n) is 7.49. The summed E-state index contributed by atoms with van der Waals surface area (Å²) in [5.74, 6) is -1.35. The van der Waals surface area contributed by atoms with E-state index in [1.807, 2.05) is 0 Å². The summed E-state index contributed by atoms with van der Waals surface area (Å²) in [6.07, 6.45) is -1.86. The van der Waals surface area contributed by atoms with Crippen LogP contribution in [-0.2, 0) is 23.8 Å². The van der Waals surface area contributed by atoms with Crippen LogP contribution in [0, 0.1) is 0 Å². The molecule has 26 heavy (non-hydrogen) atoms. The van der Waals surface area contributed by atoms with E-state index >= 15 is 0 Å². The minimum atomic E-state index is -4.40. The Bertz CT molecular complexity index is 913. The minimum absolute atomic E-state index is 0.197. The molecule has 1 N–H and O–H groups in total. The van der Waals surface area contributed by atoms with Crippen molar-refractivity contribution >= 4 is 11.6 Å². The van der Waals surface area contributed by atoms with Crippen LogP contribution in [0.5, 0.6) is 0 Å². The van der Waals surface area contributed by atoms with Crippen LogP contribution in [0.1, 0.15) is 33.1 Å². The third-order valence-electron chi connectivity index (χ3n) is 3.71. The number of Topliss-reactive ketones (excluding diaryl/α,β-unsaturated/α-hetero) is 2. The number of hydrogen-bond acceptors (Lipinski definition) is 5. The molecule has 3 aromatic rings. The van der Waals surface area contributed by atoms with Crippen molar-refractivity contribution in [2.24, 2.45) is 0 Å². The van der Waals surface area contributed by atoms with Gasteiger partial charge in [-0.2, -0.15) is 13.2 Å². The highest BCUT2D eigenvalue weighted by atomic mass is 19.4. The zero-order valence-electron chi connectivity index (χ0n) is 13.2. The highest BCUT2D eigenvalue weighted by molar-refractivity contribution is 6.43. The fourth-order valence-electron chi connectivity index (χ4n) is 2.37. The van der Waals surface area contributed by atoms with Gasteiger partial charge in [0.2, 0.25) is 11.6 Å². The third kappa shape index (κ3) is 3.88. The summed E-state index contributed by atoms with van der Waals surface area (Å²) in [5.41, 5.74) is 0.328. The van der Waals surface area contributed by atoms with Gasteiger partial charge in [0.25, 0.3) is 5.78 Å². The van der Waals surface area contributed by atoms with Gasteiger partial charge in [-0.3, -0.25) is 14.7 Å². The second-order valence-electron chi connectivity index (χ2n) is 5.49. The van der Waals surface area contributed by atoms with E-state index in [0.29, 0.717) is 16.9 Å². The maximum absolute atomic E-state index is 12.6. The number of carbonyl (C=O) groups is 2. The predicted octanol–water partition coefficient (Wildman–Crippen LogP) is 3.00. The van der Waals surface area contributed by atoms with E-state index in [1.54, 1.807) is 6.07 Å². The Balaban J connectivity index is 1.71. The van der Waals surface area contributed by atoms with Crippen molar-refractivity contribution in [2.75, 3.05) is 0 Å². The molecule has 0 atom stereocenters. The predicted molar refractivity (Wildman–Crippen MR) is 82.4 cm³/mol. The molecule has 2 heterocycles. The maximum Gasteiger partial charge on any atom is 0.416 e. The number of furan rings is 1. The summed E-state index contributed by atoms with van der Waals surface area (Å²) in [6.45, 7) is 0. The lowest BCUT2D eigenvalue weighted by atomic mass is 10.0. The summed E-state index contributed by atoms with van der Waals surface area (Å²) >= 11 is 0. The van der Waals surface area contributed by atoms with Crippen LogP contribution >= 0.6 is 0 Å². The van der Waals surface area contributed by atoms with Gasteiger partial charge in [-0.1, -0.05) is 12.1 Å². The molecule has 0 unspecified atom stereocenters. The molecule has 6 nitrogen and oxygen atoms in total. The Morgan fingerprint density at radius 3 is 2.46 bits per heavy atom. The highest BCUT2D eigenvalue weighted by Gasteiger charge is 2.30. The fourth-order valence-corrected chi connectivity index (χ4v) is 2.37. The van der Waals surface area contributed by atoms with Crippen LogP contribution in [0.25, 0.3) is 0 Å². The lowest BCUT2D eigenvalue weighted by Crippen LogP contribution is -2.18. The first-order chi connectivity index (χ1) is 12.3. The van der Waals surface area contributed by atoms with E-state index in [2.05, 4.69) is 15.2 Å². The van der Waals surface area contributed by atoms with Crippen LogP contribution in [0.4, 0.5) is 13.2 Å². The quantitative estimate of drug-likeness (QED) is 0.537. The number of hydrogen-bond donors (Lipinski definition) is 1. The van der Waals surface area contributed by atoms with Crippen LogP contribution in [0.3, 0.4) is 0 Å². The summed E-state index contributed by atoms with van der Waals surface area (Å²) in [6, 6.07) is 6.19. The molecule has 0 aliphatic rings. The fraction of sp³-hybridized carbons (Fsp3) is 0.176. The number of rotatable bonds is 6. The van der Waals surface area contributed by atoms with E-state index in [0.717, 1.165) is 12.1 Å². The van der Waals surface area contributed by atoms with Gasteiger partial charge in [-0.15, -0.1) is 5.10 Å². The molecule has 134 valence electrons. The van der Waals surface area contributed by atoms with Crippen molar-refractivity contribution in [1.82, 2.24) is 15.2 Å². The van der Waals surface area contributed by atoms with E-state index in [1.165, 1.54) is 24.7 Å². The number of nitrogens with zero attached hydrogens (tertiary/aromatic N) is 2. The molecule has 1 aromatic carbocycles. The molecule has 0 radical (unpaired) electrons. The van der Waals surface area contributed by atoms with Gasteiger partial charge in [0.1, 0.15) is 12.1 Å².